The van der Waals surface area contributed by atoms with Crippen molar-refractivity contribution in [2.75, 3.05) is 0 Å². The van der Waals surface area contributed by atoms with E-state index in [-0.39, 0.29) is 19.3 Å². The average Bonchev–Trinajstić information content (AvgIpc) is 2.34. The summed E-state index contributed by atoms with van der Waals surface area (Å²) in [6.45, 7) is 3.42. The number of esters is 1. The maximum atomic E-state index is 10.7. The summed E-state index contributed by atoms with van der Waals surface area (Å²) in [6.07, 6.45) is 2.05. The number of hydrogen-bond donors (Lipinski definition) is 1. The third-order valence-corrected chi connectivity index (χ3v) is 1.91. The van der Waals surface area contributed by atoms with Crippen molar-refractivity contribution >= 4 is 11.9 Å². The van der Waals surface area contributed by atoms with Gasteiger partial charge >= 0.3 is 11.9 Å². The fourth-order valence-electron chi connectivity index (χ4n) is 1.24. The van der Waals surface area contributed by atoms with Crippen LogP contribution in [0.1, 0.15) is 19.3 Å². The van der Waals surface area contributed by atoms with Crippen molar-refractivity contribution in [2.24, 2.45) is 0 Å². The van der Waals surface area contributed by atoms with Gasteiger partial charge in [0.05, 0.1) is 0 Å². The van der Waals surface area contributed by atoms with E-state index in [1.54, 1.807) is 0 Å². The molecule has 0 spiro atoms. The molecule has 4 heteroatoms. The highest BCUT2D eigenvalue weighted by molar-refractivity contribution is 5.85. The van der Waals surface area contributed by atoms with E-state index in [0.717, 1.165) is 0 Å². The molecule has 1 unspecified atom stereocenters. The van der Waals surface area contributed by atoms with Gasteiger partial charge in [0.15, 0.2) is 0 Å². The number of ether oxygens (including phenoxy) is 1. The number of carbonyl (C=O) groups is 2. The van der Waals surface area contributed by atoms with Gasteiger partial charge in [0.25, 0.3) is 0 Å². The van der Waals surface area contributed by atoms with E-state index >= 15 is 0 Å². The lowest BCUT2D eigenvalue weighted by atomic mass is 9.96. The van der Waals surface area contributed by atoms with Gasteiger partial charge in [0, 0.05) is 19.3 Å². The zero-order chi connectivity index (χ0) is 9.19. The van der Waals surface area contributed by atoms with Crippen molar-refractivity contribution < 1.29 is 19.4 Å². The van der Waals surface area contributed by atoms with Crippen LogP contribution in [0.5, 0.6) is 0 Å². The molecule has 0 amide bonds. The van der Waals surface area contributed by atoms with Crippen LogP contribution in [0, 0.1) is 0 Å². The van der Waals surface area contributed by atoms with Crippen molar-refractivity contribution in [3.63, 3.8) is 0 Å². The number of aliphatic carboxylic acids is 1. The molecule has 1 heterocycles. The monoisotopic (exact) mass is 170 g/mol. The molecule has 0 aliphatic carbocycles. The largest absolute Gasteiger partial charge is 0.478 e. The molecular weight excluding hydrogens is 160 g/mol. The molecule has 1 aliphatic rings. The van der Waals surface area contributed by atoms with Crippen LogP contribution in [0.4, 0.5) is 0 Å². The van der Waals surface area contributed by atoms with Gasteiger partial charge in [-0.1, -0.05) is 6.08 Å². The van der Waals surface area contributed by atoms with Gasteiger partial charge in [-0.25, -0.2) is 4.79 Å². The highest BCUT2D eigenvalue weighted by atomic mass is 16.6. The Balaban J connectivity index is 2.80. The Kier molecular flexibility index (Phi) is 2.17. The van der Waals surface area contributed by atoms with Crippen LogP contribution in [-0.2, 0) is 14.3 Å². The molecule has 1 aliphatic heterocycles. The van der Waals surface area contributed by atoms with Crippen molar-refractivity contribution in [3.8, 4) is 0 Å². The van der Waals surface area contributed by atoms with Crippen LogP contribution in [0.15, 0.2) is 12.7 Å². The second-order valence-electron chi connectivity index (χ2n) is 2.77. The zero-order valence-electron chi connectivity index (χ0n) is 6.58. The fourth-order valence-corrected chi connectivity index (χ4v) is 1.24. The first-order valence-corrected chi connectivity index (χ1v) is 3.67. The molecule has 1 atom stereocenters. The number of cyclic esters (lactones) is 1. The number of rotatable bonds is 3. The van der Waals surface area contributed by atoms with Crippen LogP contribution in [0.2, 0.25) is 0 Å². The standard InChI is InChI=1S/C8H10O4/c1-2-4-8(7(10)11)5-3-6(9)12-8/h2H,1,3-5H2,(H,10,11). The summed E-state index contributed by atoms with van der Waals surface area (Å²) in [5.74, 6) is -1.53. The van der Waals surface area contributed by atoms with Crippen molar-refractivity contribution in [3.05, 3.63) is 12.7 Å². The topological polar surface area (TPSA) is 63.6 Å². The Morgan fingerprint density at radius 1 is 1.83 bits per heavy atom. The molecule has 0 radical (unpaired) electrons. The van der Waals surface area contributed by atoms with E-state index in [4.69, 9.17) is 9.84 Å². The van der Waals surface area contributed by atoms with Crippen LogP contribution < -0.4 is 0 Å². The average molecular weight is 170 g/mol. The van der Waals surface area contributed by atoms with E-state index in [1.807, 2.05) is 0 Å². The minimum Gasteiger partial charge on any atom is -0.478 e. The predicted octanol–water partition coefficient (Wildman–Crippen LogP) is 0.723. The number of carboxylic acids is 1. The van der Waals surface area contributed by atoms with Crippen LogP contribution in [0.25, 0.3) is 0 Å². The number of carbonyl (C=O) groups excluding carboxylic acids is 1. The van der Waals surface area contributed by atoms with Gasteiger partial charge in [-0.05, 0) is 0 Å². The molecular formula is C8H10O4. The smallest absolute Gasteiger partial charge is 0.348 e. The maximum absolute atomic E-state index is 10.7. The lowest BCUT2D eigenvalue weighted by Gasteiger charge is -2.20. The highest BCUT2D eigenvalue weighted by Crippen LogP contribution is 2.30. The minimum atomic E-state index is -1.33. The second kappa shape index (κ2) is 2.97. The maximum Gasteiger partial charge on any atom is 0.348 e. The van der Waals surface area contributed by atoms with E-state index < -0.39 is 17.5 Å². The van der Waals surface area contributed by atoms with Gasteiger partial charge in [0.1, 0.15) is 0 Å². The van der Waals surface area contributed by atoms with Gasteiger partial charge in [-0.3, -0.25) is 4.79 Å². The second-order valence-corrected chi connectivity index (χ2v) is 2.77. The summed E-state index contributed by atoms with van der Waals surface area (Å²) in [4.78, 5) is 21.5. The first kappa shape index (κ1) is 8.77. The molecule has 1 rings (SSSR count). The van der Waals surface area contributed by atoms with E-state index in [9.17, 15) is 9.59 Å². The molecule has 66 valence electrons. The molecule has 0 aromatic heterocycles. The molecule has 4 nitrogen and oxygen atoms in total. The Morgan fingerprint density at radius 2 is 2.50 bits per heavy atom. The first-order chi connectivity index (χ1) is 5.60. The quantitative estimate of drug-likeness (QED) is 0.500. The van der Waals surface area contributed by atoms with Gasteiger partial charge < -0.3 is 9.84 Å². The predicted molar refractivity (Wildman–Crippen MR) is 40.5 cm³/mol. The van der Waals surface area contributed by atoms with Crippen molar-refractivity contribution in [2.45, 2.75) is 24.9 Å². The summed E-state index contributed by atoms with van der Waals surface area (Å²) in [5.41, 5.74) is -1.33. The third kappa shape index (κ3) is 1.32. The summed E-state index contributed by atoms with van der Waals surface area (Å²) in [7, 11) is 0. The van der Waals surface area contributed by atoms with Gasteiger partial charge in [0.2, 0.25) is 5.60 Å². The lowest BCUT2D eigenvalue weighted by molar-refractivity contribution is -0.169. The highest BCUT2D eigenvalue weighted by Gasteiger charge is 2.46. The first-order valence-electron chi connectivity index (χ1n) is 3.67. The zero-order valence-corrected chi connectivity index (χ0v) is 6.58. The van der Waals surface area contributed by atoms with E-state index in [1.165, 1.54) is 6.08 Å². The number of carboxylic acid groups (broad SMARTS) is 1. The molecule has 12 heavy (non-hydrogen) atoms. The molecule has 1 N–H and O–H groups in total. The molecule has 1 fully saturated rings. The van der Waals surface area contributed by atoms with E-state index in [2.05, 4.69) is 6.58 Å². The van der Waals surface area contributed by atoms with Crippen LogP contribution in [0.3, 0.4) is 0 Å². The molecule has 0 bridgehead atoms. The summed E-state index contributed by atoms with van der Waals surface area (Å²) < 4.78 is 4.74. The summed E-state index contributed by atoms with van der Waals surface area (Å²) in [5, 5.41) is 8.79. The Labute approximate surface area is 69.8 Å². The van der Waals surface area contributed by atoms with Crippen molar-refractivity contribution in [1.82, 2.24) is 0 Å². The van der Waals surface area contributed by atoms with Gasteiger partial charge in [-0.15, -0.1) is 6.58 Å². The normalized spacial score (nSPS) is 28.2. The van der Waals surface area contributed by atoms with Crippen molar-refractivity contribution in [1.29, 1.82) is 0 Å². The minimum absolute atomic E-state index is 0.175. The summed E-state index contributed by atoms with van der Waals surface area (Å²) >= 11 is 0. The van der Waals surface area contributed by atoms with Crippen LogP contribution in [-0.4, -0.2) is 22.6 Å². The Bertz CT molecular complexity index is 233. The molecule has 0 aromatic carbocycles. The fraction of sp³-hybridized carbons (Fsp3) is 0.500. The molecule has 1 saturated heterocycles. The SMILES string of the molecule is C=CCC1(C(=O)O)CCC(=O)O1. The van der Waals surface area contributed by atoms with Crippen LogP contribution >= 0.6 is 0 Å². The Hall–Kier alpha value is -1.32. The molecule has 0 aromatic rings. The molecule has 0 saturated carbocycles. The van der Waals surface area contributed by atoms with E-state index in [0.29, 0.717) is 0 Å². The summed E-state index contributed by atoms with van der Waals surface area (Å²) in [6, 6.07) is 0. The Morgan fingerprint density at radius 3 is 2.83 bits per heavy atom. The van der Waals surface area contributed by atoms with Gasteiger partial charge in [-0.2, -0.15) is 0 Å². The lowest BCUT2D eigenvalue weighted by Crippen LogP contribution is -2.37. The number of hydrogen-bond acceptors (Lipinski definition) is 3. The third-order valence-electron chi connectivity index (χ3n) is 1.91.